The van der Waals surface area contributed by atoms with E-state index in [0.29, 0.717) is 23.5 Å². The van der Waals surface area contributed by atoms with E-state index in [4.69, 9.17) is 4.74 Å². The average molecular weight is 362 g/mol. The largest absolute Gasteiger partial charge is 0.497 e. The maximum atomic E-state index is 13.0. The van der Waals surface area contributed by atoms with E-state index in [1.807, 2.05) is 43.3 Å². The van der Waals surface area contributed by atoms with Crippen LogP contribution in [-0.2, 0) is 4.79 Å². The number of rotatable bonds is 6. The van der Waals surface area contributed by atoms with Crippen LogP contribution in [0.2, 0.25) is 0 Å². The molecule has 0 saturated carbocycles. The quantitative estimate of drug-likeness (QED) is 0.722. The predicted octanol–water partition coefficient (Wildman–Crippen LogP) is 3.95. The van der Waals surface area contributed by atoms with Crippen molar-refractivity contribution >= 4 is 28.3 Å². The Kier molecular flexibility index (Phi) is 5.71. The molecule has 0 unspecified atom stereocenters. The summed E-state index contributed by atoms with van der Waals surface area (Å²) in [4.78, 5) is 27.0. The molecule has 0 aliphatic rings. The van der Waals surface area contributed by atoms with E-state index in [2.05, 4.69) is 5.32 Å². The highest BCUT2D eigenvalue weighted by Crippen LogP contribution is 2.20. The van der Waals surface area contributed by atoms with Gasteiger partial charge in [-0.05, 0) is 35.9 Å². The van der Waals surface area contributed by atoms with Gasteiger partial charge < -0.3 is 15.0 Å². The molecule has 0 heterocycles. The second kappa shape index (κ2) is 8.36. The van der Waals surface area contributed by atoms with E-state index < -0.39 is 0 Å². The van der Waals surface area contributed by atoms with Gasteiger partial charge in [-0.15, -0.1) is 0 Å². The molecule has 5 heteroatoms. The fraction of sp³-hybridized carbons (Fsp3) is 0.182. The summed E-state index contributed by atoms with van der Waals surface area (Å²) in [5, 5.41) is 4.70. The number of hydrogen-bond donors (Lipinski definition) is 1. The molecule has 0 atom stereocenters. The monoisotopic (exact) mass is 362 g/mol. The van der Waals surface area contributed by atoms with Crippen LogP contribution in [0, 0.1) is 0 Å². The molecule has 138 valence electrons. The standard InChI is InChI=1S/C22H22N2O3/c1-3-24(15-21(25)23-17-10-7-11-18(14-17)27-2)22(26)20-13-6-9-16-8-4-5-12-19(16)20/h4-14H,3,15H2,1-2H3,(H,23,25). The van der Waals surface area contributed by atoms with Gasteiger partial charge in [0.05, 0.1) is 7.11 Å². The lowest BCUT2D eigenvalue weighted by Gasteiger charge is -2.21. The molecule has 0 saturated heterocycles. The lowest BCUT2D eigenvalue weighted by molar-refractivity contribution is -0.116. The third kappa shape index (κ3) is 4.26. The lowest BCUT2D eigenvalue weighted by Crippen LogP contribution is -2.38. The van der Waals surface area contributed by atoms with Gasteiger partial charge in [-0.2, -0.15) is 0 Å². The van der Waals surface area contributed by atoms with Crippen LogP contribution in [0.15, 0.2) is 66.7 Å². The summed E-state index contributed by atoms with van der Waals surface area (Å²) >= 11 is 0. The Hall–Kier alpha value is -3.34. The number of likely N-dealkylation sites (N-methyl/N-ethyl adjacent to an activating group) is 1. The zero-order chi connectivity index (χ0) is 19.2. The highest BCUT2D eigenvalue weighted by Gasteiger charge is 2.19. The Labute approximate surface area is 158 Å². The van der Waals surface area contributed by atoms with E-state index in [-0.39, 0.29) is 18.4 Å². The molecule has 5 nitrogen and oxygen atoms in total. The second-order valence-corrected chi connectivity index (χ2v) is 6.13. The van der Waals surface area contributed by atoms with E-state index in [1.54, 1.807) is 37.4 Å². The number of nitrogens with zero attached hydrogens (tertiary/aromatic N) is 1. The van der Waals surface area contributed by atoms with Gasteiger partial charge in [0.25, 0.3) is 5.91 Å². The van der Waals surface area contributed by atoms with Crippen LogP contribution in [0.25, 0.3) is 10.8 Å². The van der Waals surface area contributed by atoms with E-state index >= 15 is 0 Å². The van der Waals surface area contributed by atoms with E-state index in [0.717, 1.165) is 10.8 Å². The molecular weight excluding hydrogens is 340 g/mol. The molecule has 0 radical (unpaired) electrons. The van der Waals surface area contributed by atoms with Crippen molar-refractivity contribution in [2.24, 2.45) is 0 Å². The van der Waals surface area contributed by atoms with Crippen molar-refractivity contribution in [2.75, 3.05) is 25.5 Å². The molecule has 3 aromatic rings. The molecule has 27 heavy (non-hydrogen) atoms. The molecule has 3 rings (SSSR count). The number of amides is 2. The number of anilines is 1. The molecule has 2 amide bonds. The maximum absolute atomic E-state index is 13.0. The Balaban J connectivity index is 1.76. The van der Waals surface area contributed by atoms with Crippen LogP contribution in [-0.4, -0.2) is 36.9 Å². The van der Waals surface area contributed by atoms with Crippen LogP contribution >= 0.6 is 0 Å². The third-order valence-electron chi connectivity index (χ3n) is 4.38. The van der Waals surface area contributed by atoms with Gasteiger partial charge in [0, 0.05) is 23.9 Å². The first-order valence-corrected chi connectivity index (χ1v) is 8.83. The van der Waals surface area contributed by atoms with Gasteiger partial charge >= 0.3 is 0 Å². The molecule has 0 bridgehead atoms. The zero-order valence-electron chi connectivity index (χ0n) is 15.4. The minimum atomic E-state index is -0.251. The first-order chi connectivity index (χ1) is 13.1. The highest BCUT2D eigenvalue weighted by molar-refractivity contribution is 6.08. The Morgan fingerprint density at radius 3 is 2.52 bits per heavy atom. The van der Waals surface area contributed by atoms with E-state index in [1.165, 1.54) is 4.90 Å². The molecule has 0 aromatic heterocycles. The molecular formula is C22H22N2O3. The van der Waals surface area contributed by atoms with Gasteiger partial charge in [-0.1, -0.05) is 42.5 Å². The van der Waals surface area contributed by atoms with Gasteiger partial charge in [0.15, 0.2) is 0 Å². The number of carbonyl (C=O) groups excluding carboxylic acids is 2. The Morgan fingerprint density at radius 2 is 1.74 bits per heavy atom. The Morgan fingerprint density at radius 1 is 1.00 bits per heavy atom. The van der Waals surface area contributed by atoms with Crippen molar-refractivity contribution in [3.05, 3.63) is 72.3 Å². The first kappa shape index (κ1) is 18.5. The summed E-state index contributed by atoms with van der Waals surface area (Å²) in [5.41, 5.74) is 1.23. The number of ether oxygens (including phenoxy) is 1. The van der Waals surface area contributed by atoms with Crippen molar-refractivity contribution in [2.45, 2.75) is 6.92 Å². The lowest BCUT2D eigenvalue weighted by atomic mass is 10.0. The first-order valence-electron chi connectivity index (χ1n) is 8.83. The van der Waals surface area contributed by atoms with Crippen LogP contribution in [0.4, 0.5) is 5.69 Å². The zero-order valence-corrected chi connectivity index (χ0v) is 15.4. The minimum Gasteiger partial charge on any atom is -0.497 e. The highest BCUT2D eigenvalue weighted by atomic mass is 16.5. The topological polar surface area (TPSA) is 58.6 Å². The van der Waals surface area contributed by atoms with Crippen molar-refractivity contribution in [3.8, 4) is 5.75 Å². The van der Waals surface area contributed by atoms with Crippen molar-refractivity contribution < 1.29 is 14.3 Å². The van der Waals surface area contributed by atoms with Crippen molar-refractivity contribution in [3.63, 3.8) is 0 Å². The van der Waals surface area contributed by atoms with Gasteiger partial charge in [0.2, 0.25) is 5.91 Å². The van der Waals surface area contributed by atoms with Crippen LogP contribution in [0.3, 0.4) is 0 Å². The summed E-state index contributed by atoms with van der Waals surface area (Å²) < 4.78 is 5.16. The fourth-order valence-corrected chi connectivity index (χ4v) is 2.98. The third-order valence-corrected chi connectivity index (χ3v) is 4.38. The fourth-order valence-electron chi connectivity index (χ4n) is 2.98. The number of benzene rings is 3. The SMILES string of the molecule is CCN(CC(=O)Nc1cccc(OC)c1)C(=O)c1cccc2ccccc12. The molecule has 0 spiro atoms. The predicted molar refractivity (Wildman–Crippen MR) is 107 cm³/mol. The van der Waals surface area contributed by atoms with Gasteiger partial charge in [-0.25, -0.2) is 0 Å². The molecule has 0 aliphatic heterocycles. The summed E-state index contributed by atoms with van der Waals surface area (Å²) in [5.74, 6) is 0.251. The molecule has 3 aromatic carbocycles. The summed E-state index contributed by atoms with van der Waals surface area (Å²) in [6, 6.07) is 20.5. The smallest absolute Gasteiger partial charge is 0.254 e. The maximum Gasteiger partial charge on any atom is 0.254 e. The van der Waals surface area contributed by atoms with E-state index in [9.17, 15) is 9.59 Å². The van der Waals surface area contributed by atoms with Gasteiger partial charge in [0.1, 0.15) is 12.3 Å². The van der Waals surface area contributed by atoms with Crippen molar-refractivity contribution in [1.29, 1.82) is 0 Å². The van der Waals surface area contributed by atoms with Crippen LogP contribution in [0.5, 0.6) is 5.75 Å². The number of carbonyl (C=O) groups is 2. The molecule has 1 N–H and O–H groups in total. The normalized spacial score (nSPS) is 10.4. The summed E-state index contributed by atoms with van der Waals surface area (Å²) in [6.07, 6.45) is 0. The number of hydrogen-bond acceptors (Lipinski definition) is 3. The minimum absolute atomic E-state index is 0.0181. The summed E-state index contributed by atoms with van der Waals surface area (Å²) in [7, 11) is 1.57. The average Bonchev–Trinajstić information content (AvgIpc) is 2.71. The summed E-state index contributed by atoms with van der Waals surface area (Å²) in [6.45, 7) is 2.28. The Bertz CT molecular complexity index is 963. The number of methoxy groups -OCH3 is 1. The van der Waals surface area contributed by atoms with Gasteiger partial charge in [-0.3, -0.25) is 9.59 Å². The second-order valence-electron chi connectivity index (χ2n) is 6.13. The number of nitrogens with one attached hydrogen (secondary N) is 1. The van der Waals surface area contributed by atoms with Crippen LogP contribution < -0.4 is 10.1 Å². The molecule has 0 fully saturated rings. The van der Waals surface area contributed by atoms with Crippen molar-refractivity contribution in [1.82, 2.24) is 4.90 Å². The number of fused-ring (bicyclic) bond motifs is 1. The molecule has 0 aliphatic carbocycles. The van der Waals surface area contributed by atoms with Crippen LogP contribution in [0.1, 0.15) is 17.3 Å².